The van der Waals surface area contributed by atoms with Crippen LogP contribution >= 0.6 is 0 Å². The number of halogens is 1. The first-order valence-corrected chi connectivity index (χ1v) is 9.18. The number of Topliss-reactive ketones (excluding diaryl/α,β-unsaturated/α-hetero) is 1. The van der Waals surface area contributed by atoms with Crippen molar-refractivity contribution in [3.05, 3.63) is 93.8 Å². The van der Waals surface area contributed by atoms with Crippen LogP contribution in [0.15, 0.2) is 66.9 Å². The third kappa shape index (κ3) is 5.99. The number of hydrogen-bond donors (Lipinski definition) is 0. The van der Waals surface area contributed by atoms with Crippen LogP contribution in [0.1, 0.15) is 21.6 Å². The van der Waals surface area contributed by atoms with Gasteiger partial charge in [0.25, 0.3) is 5.69 Å². The number of aromatic nitrogens is 1. The van der Waals surface area contributed by atoms with Gasteiger partial charge in [0, 0.05) is 35.9 Å². The van der Waals surface area contributed by atoms with Gasteiger partial charge in [-0.1, -0.05) is 6.07 Å². The summed E-state index contributed by atoms with van der Waals surface area (Å²) in [6.45, 7) is 0.115. The van der Waals surface area contributed by atoms with Crippen LogP contribution in [0.2, 0.25) is 0 Å². The Balaban J connectivity index is 0.00000341. The number of nitro groups is 1. The molecule has 7 nitrogen and oxygen atoms in total. The summed E-state index contributed by atoms with van der Waals surface area (Å²) in [5, 5.41) is 10.8. The zero-order valence-electron chi connectivity index (χ0n) is 17.0. The molecule has 0 aliphatic rings. The number of nitro benzene ring substituents is 1. The number of carbonyl (C=O) groups excluding carboxylic acids is 1. The number of hydrogen-bond acceptors (Lipinski definition) is 5. The Morgan fingerprint density at radius 3 is 2.35 bits per heavy atom. The van der Waals surface area contributed by atoms with Gasteiger partial charge in [0.2, 0.25) is 18.0 Å². The molecular formula is C23H21BrN2O5. The van der Waals surface area contributed by atoms with Gasteiger partial charge in [-0.25, -0.2) is 0 Å². The second kappa shape index (κ2) is 11.0. The number of non-ortho nitro benzene ring substituents is 1. The minimum Gasteiger partial charge on any atom is -1.00 e. The molecule has 31 heavy (non-hydrogen) atoms. The number of pyridine rings is 1. The Kier molecular flexibility index (Phi) is 8.45. The van der Waals surface area contributed by atoms with E-state index < -0.39 is 4.92 Å². The van der Waals surface area contributed by atoms with Gasteiger partial charge in [-0.2, -0.15) is 4.57 Å². The minimum absolute atomic E-state index is 0. The quantitative estimate of drug-likeness (QED) is 0.206. The molecule has 0 bridgehead atoms. The molecule has 1 aromatic heterocycles. The highest BCUT2D eigenvalue weighted by atomic mass is 79.9. The first-order valence-electron chi connectivity index (χ1n) is 9.18. The number of methoxy groups -OCH3 is 2. The Morgan fingerprint density at radius 1 is 1.00 bits per heavy atom. The molecule has 0 aliphatic carbocycles. The van der Waals surface area contributed by atoms with E-state index in [1.165, 1.54) is 24.3 Å². The van der Waals surface area contributed by atoms with Gasteiger partial charge in [-0.15, -0.1) is 0 Å². The van der Waals surface area contributed by atoms with Gasteiger partial charge in [-0.05, 0) is 42.0 Å². The summed E-state index contributed by atoms with van der Waals surface area (Å²) in [6.07, 6.45) is 5.64. The highest BCUT2D eigenvalue weighted by Gasteiger charge is 2.16. The van der Waals surface area contributed by atoms with Crippen LogP contribution in [-0.4, -0.2) is 24.9 Å². The predicted molar refractivity (Wildman–Crippen MR) is 113 cm³/mol. The molecule has 3 aromatic rings. The standard InChI is InChI=1S/C23H21N2O5.BrH/c1-29-22-13-7-17(15-23(22)30-2)6-10-19-5-3-4-14-24(19)16-21(26)18-8-11-20(12-9-18)25(27)28;/h3-15H,16H2,1-2H3;1H/q+1;/p-1/b10-6+;. The number of nitrogens with zero attached hydrogens (tertiary/aromatic N) is 2. The summed E-state index contributed by atoms with van der Waals surface area (Å²) in [4.78, 5) is 22.9. The average molecular weight is 485 g/mol. The van der Waals surface area contributed by atoms with Crippen molar-refractivity contribution in [2.75, 3.05) is 14.2 Å². The maximum absolute atomic E-state index is 12.6. The molecule has 0 spiro atoms. The molecule has 1 heterocycles. The molecule has 0 aliphatic heterocycles. The van der Waals surface area contributed by atoms with Gasteiger partial charge in [0.1, 0.15) is 0 Å². The molecule has 0 unspecified atom stereocenters. The van der Waals surface area contributed by atoms with E-state index >= 15 is 0 Å². The molecule has 0 radical (unpaired) electrons. The number of rotatable bonds is 8. The molecule has 160 valence electrons. The Labute approximate surface area is 190 Å². The molecule has 2 aromatic carbocycles. The van der Waals surface area contributed by atoms with Crippen molar-refractivity contribution in [3.63, 3.8) is 0 Å². The molecule has 0 saturated carbocycles. The van der Waals surface area contributed by atoms with Crippen LogP contribution in [-0.2, 0) is 6.54 Å². The summed E-state index contributed by atoms with van der Waals surface area (Å²) >= 11 is 0. The van der Waals surface area contributed by atoms with Crippen molar-refractivity contribution in [2.45, 2.75) is 6.54 Å². The van der Waals surface area contributed by atoms with Crippen LogP contribution in [0, 0.1) is 10.1 Å². The Bertz CT molecular complexity index is 1100. The van der Waals surface area contributed by atoms with E-state index in [2.05, 4.69) is 0 Å². The van der Waals surface area contributed by atoms with Crippen LogP contribution in [0.3, 0.4) is 0 Å². The first-order chi connectivity index (χ1) is 14.5. The molecular weight excluding hydrogens is 464 g/mol. The monoisotopic (exact) mass is 484 g/mol. The summed E-state index contributed by atoms with van der Waals surface area (Å²) in [7, 11) is 3.17. The van der Waals surface area contributed by atoms with Gasteiger partial charge in [-0.3, -0.25) is 14.9 Å². The number of carbonyl (C=O) groups is 1. The zero-order valence-corrected chi connectivity index (χ0v) is 18.6. The van der Waals surface area contributed by atoms with Crippen LogP contribution in [0.4, 0.5) is 5.69 Å². The molecule has 0 amide bonds. The fourth-order valence-corrected chi connectivity index (χ4v) is 2.94. The Morgan fingerprint density at radius 2 is 1.71 bits per heavy atom. The maximum Gasteiger partial charge on any atom is 0.269 e. The van der Waals surface area contributed by atoms with Crippen molar-refractivity contribution in [1.29, 1.82) is 0 Å². The van der Waals surface area contributed by atoms with Gasteiger partial charge in [0.15, 0.2) is 17.7 Å². The topological polar surface area (TPSA) is 82.5 Å². The van der Waals surface area contributed by atoms with Crippen molar-refractivity contribution in [3.8, 4) is 11.5 Å². The van der Waals surface area contributed by atoms with Crippen molar-refractivity contribution in [1.82, 2.24) is 0 Å². The van der Waals surface area contributed by atoms with Crippen LogP contribution in [0.5, 0.6) is 11.5 Å². The van der Waals surface area contributed by atoms with Crippen molar-refractivity contribution in [2.24, 2.45) is 0 Å². The summed E-state index contributed by atoms with van der Waals surface area (Å²) in [5.74, 6) is 1.15. The molecule has 0 saturated heterocycles. The fourth-order valence-electron chi connectivity index (χ4n) is 2.94. The van der Waals surface area contributed by atoms with Gasteiger partial charge >= 0.3 is 0 Å². The maximum atomic E-state index is 12.6. The van der Waals surface area contributed by atoms with E-state index in [0.717, 1.165) is 11.3 Å². The van der Waals surface area contributed by atoms with E-state index in [0.29, 0.717) is 17.1 Å². The molecule has 0 N–H and O–H groups in total. The summed E-state index contributed by atoms with van der Waals surface area (Å²) in [6, 6.07) is 16.9. The smallest absolute Gasteiger partial charge is 0.269 e. The third-order valence-electron chi connectivity index (χ3n) is 4.54. The summed E-state index contributed by atoms with van der Waals surface area (Å²) < 4.78 is 12.4. The molecule has 3 rings (SSSR count). The number of ketones is 1. The first kappa shape index (κ1) is 23.8. The van der Waals surface area contributed by atoms with Gasteiger partial charge in [0.05, 0.1) is 19.1 Å². The largest absolute Gasteiger partial charge is 1.00 e. The van der Waals surface area contributed by atoms with Gasteiger partial charge < -0.3 is 26.5 Å². The molecule has 8 heteroatoms. The minimum atomic E-state index is -0.489. The lowest BCUT2D eigenvalue weighted by atomic mass is 10.1. The van der Waals surface area contributed by atoms with Crippen LogP contribution in [0.25, 0.3) is 12.2 Å². The molecule has 0 atom stereocenters. The van der Waals surface area contributed by atoms with E-state index in [1.54, 1.807) is 14.2 Å². The third-order valence-corrected chi connectivity index (χ3v) is 4.54. The van der Waals surface area contributed by atoms with Crippen molar-refractivity contribution < 1.29 is 40.7 Å². The number of ether oxygens (including phenoxy) is 2. The van der Waals surface area contributed by atoms with E-state index in [1.807, 2.05) is 59.3 Å². The lowest BCUT2D eigenvalue weighted by Crippen LogP contribution is -3.00. The van der Waals surface area contributed by atoms with E-state index in [-0.39, 0.29) is 35.0 Å². The highest BCUT2D eigenvalue weighted by molar-refractivity contribution is 5.95. The van der Waals surface area contributed by atoms with E-state index in [9.17, 15) is 14.9 Å². The lowest BCUT2D eigenvalue weighted by Gasteiger charge is -2.07. The lowest BCUT2D eigenvalue weighted by molar-refractivity contribution is -0.684. The predicted octanol–water partition coefficient (Wildman–Crippen LogP) is 0.957. The normalized spacial score (nSPS) is 10.4. The SMILES string of the molecule is COc1ccc(/C=C/c2cccc[n+]2CC(=O)c2ccc([N+](=O)[O-])cc2)cc1OC.[Br-]. The fraction of sp³-hybridized carbons (Fsp3) is 0.130. The van der Waals surface area contributed by atoms with E-state index in [4.69, 9.17) is 9.47 Å². The second-order valence-electron chi connectivity index (χ2n) is 6.43. The Hall–Kier alpha value is -3.52. The second-order valence-corrected chi connectivity index (χ2v) is 6.43. The van der Waals surface area contributed by atoms with Crippen LogP contribution < -0.4 is 31.0 Å². The number of benzene rings is 2. The summed E-state index contributed by atoms with van der Waals surface area (Å²) in [5.41, 5.74) is 2.14. The molecule has 0 fully saturated rings. The zero-order chi connectivity index (χ0) is 21.5. The average Bonchev–Trinajstić information content (AvgIpc) is 2.78. The highest BCUT2D eigenvalue weighted by Crippen LogP contribution is 2.28. The van der Waals surface area contributed by atoms with Crippen molar-refractivity contribution >= 4 is 23.6 Å².